The summed E-state index contributed by atoms with van der Waals surface area (Å²) >= 11 is 0. The third kappa shape index (κ3) is 5.10. The zero-order valence-electron chi connectivity index (χ0n) is 17.0. The topological polar surface area (TPSA) is 81.8 Å². The molecule has 2 saturated heterocycles. The molecule has 8 heteroatoms. The fourth-order valence-corrected chi connectivity index (χ4v) is 6.16. The minimum absolute atomic E-state index is 0.202. The van der Waals surface area contributed by atoms with Crippen LogP contribution in [-0.2, 0) is 16.6 Å². The standard InChI is InChI=1S/C21H32N4O3S/c26-21(22-14-17-10-13-24(16-17)19-8-9-19)23-15-18-6-2-3-7-20(18)29(27,28)25-11-4-1-5-12-25/h2-3,6-7,17,19H,1,4-5,8-16H2,(H2,22,23,26). The van der Waals surface area contributed by atoms with E-state index in [0.717, 1.165) is 44.8 Å². The molecule has 2 N–H and O–H groups in total. The fraction of sp³-hybridized carbons (Fsp3) is 0.667. The minimum atomic E-state index is -3.52. The molecule has 1 atom stereocenters. The van der Waals surface area contributed by atoms with Crippen molar-refractivity contribution in [3.8, 4) is 0 Å². The number of carbonyl (C=O) groups excluding carboxylic acids is 1. The summed E-state index contributed by atoms with van der Waals surface area (Å²) in [6, 6.07) is 7.53. The number of nitrogens with one attached hydrogen (secondary N) is 2. The normalized spacial score (nSPS) is 23.8. The Morgan fingerprint density at radius 3 is 2.52 bits per heavy atom. The lowest BCUT2D eigenvalue weighted by atomic mass is 10.1. The van der Waals surface area contributed by atoms with Crippen molar-refractivity contribution in [1.82, 2.24) is 19.8 Å². The van der Waals surface area contributed by atoms with E-state index in [4.69, 9.17) is 0 Å². The molecule has 1 saturated carbocycles. The number of hydrogen-bond donors (Lipinski definition) is 2. The Morgan fingerprint density at radius 2 is 1.76 bits per heavy atom. The maximum absolute atomic E-state index is 13.0. The van der Waals surface area contributed by atoms with E-state index in [2.05, 4.69) is 15.5 Å². The van der Waals surface area contributed by atoms with Gasteiger partial charge in [0.2, 0.25) is 10.0 Å². The molecule has 29 heavy (non-hydrogen) atoms. The summed E-state index contributed by atoms with van der Waals surface area (Å²) < 4.78 is 27.6. The first kappa shape index (κ1) is 20.6. The molecule has 1 aliphatic carbocycles. The van der Waals surface area contributed by atoms with Gasteiger partial charge in [-0.15, -0.1) is 0 Å². The zero-order chi connectivity index (χ0) is 20.3. The van der Waals surface area contributed by atoms with Crippen molar-refractivity contribution in [2.24, 2.45) is 5.92 Å². The Bertz CT molecular complexity index is 819. The maximum atomic E-state index is 13.0. The first-order chi connectivity index (χ1) is 14.0. The molecule has 1 unspecified atom stereocenters. The number of carbonyl (C=O) groups is 1. The monoisotopic (exact) mass is 420 g/mol. The number of nitrogens with zero attached hydrogens (tertiary/aromatic N) is 2. The second-order valence-corrected chi connectivity index (χ2v) is 10.4. The second kappa shape index (κ2) is 9.02. The average molecular weight is 421 g/mol. The summed E-state index contributed by atoms with van der Waals surface area (Å²) in [7, 11) is -3.52. The van der Waals surface area contributed by atoms with Gasteiger partial charge in [-0.25, -0.2) is 13.2 Å². The molecule has 7 nitrogen and oxygen atoms in total. The van der Waals surface area contributed by atoms with E-state index in [1.165, 1.54) is 12.8 Å². The van der Waals surface area contributed by atoms with Gasteiger partial charge in [0.15, 0.2) is 0 Å². The van der Waals surface area contributed by atoms with Crippen LogP contribution in [0, 0.1) is 5.92 Å². The van der Waals surface area contributed by atoms with Gasteiger partial charge in [-0.05, 0) is 56.2 Å². The molecule has 0 spiro atoms. The van der Waals surface area contributed by atoms with Crippen molar-refractivity contribution < 1.29 is 13.2 Å². The molecule has 1 aromatic carbocycles. The Labute approximate surface area is 173 Å². The van der Waals surface area contributed by atoms with Gasteiger partial charge >= 0.3 is 6.03 Å². The van der Waals surface area contributed by atoms with Crippen LogP contribution in [0.4, 0.5) is 4.79 Å². The van der Waals surface area contributed by atoms with Crippen LogP contribution in [0.2, 0.25) is 0 Å². The van der Waals surface area contributed by atoms with Crippen molar-refractivity contribution >= 4 is 16.1 Å². The number of rotatable bonds is 7. The number of amides is 2. The number of urea groups is 1. The lowest BCUT2D eigenvalue weighted by Crippen LogP contribution is -2.39. The van der Waals surface area contributed by atoms with Gasteiger partial charge in [-0.2, -0.15) is 4.31 Å². The highest BCUT2D eigenvalue weighted by Crippen LogP contribution is 2.31. The van der Waals surface area contributed by atoms with Gasteiger partial charge in [0.25, 0.3) is 0 Å². The van der Waals surface area contributed by atoms with Crippen LogP contribution < -0.4 is 10.6 Å². The molecule has 160 valence electrons. The molecule has 2 aliphatic heterocycles. The summed E-state index contributed by atoms with van der Waals surface area (Å²) in [6.07, 6.45) is 6.66. The van der Waals surface area contributed by atoms with E-state index >= 15 is 0 Å². The van der Waals surface area contributed by atoms with Crippen LogP contribution in [0.1, 0.15) is 44.1 Å². The highest BCUT2D eigenvalue weighted by molar-refractivity contribution is 7.89. The zero-order valence-corrected chi connectivity index (χ0v) is 17.8. The summed E-state index contributed by atoms with van der Waals surface area (Å²) in [5.41, 5.74) is 0.633. The van der Waals surface area contributed by atoms with E-state index in [9.17, 15) is 13.2 Å². The molecule has 0 radical (unpaired) electrons. The van der Waals surface area contributed by atoms with Crippen LogP contribution >= 0.6 is 0 Å². The van der Waals surface area contributed by atoms with Crippen molar-refractivity contribution in [1.29, 1.82) is 0 Å². The second-order valence-electron chi connectivity index (χ2n) is 8.52. The summed E-state index contributed by atoms with van der Waals surface area (Å²) in [5.74, 6) is 0.508. The molecule has 4 rings (SSSR count). The van der Waals surface area contributed by atoms with Gasteiger partial charge in [0, 0.05) is 38.8 Å². The van der Waals surface area contributed by atoms with E-state index < -0.39 is 10.0 Å². The molecule has 0 aromatic heterocycles. The van der Waals surface area contributed by atoms with Gasteiger partial charge in [0.05, 0.1) is 4.90 Å². The van der Waals surface area contributed by atoms with Crippen molar-refractivity contribution in [3.63, 3.8) is 0 Å². The summed E-state index contributed by atoms with van der Waals surface area (Å²) in [6.45, 7) is 4.23. The molecule has 2 heterocycles. The van der Waals surface area contributed by atoms with E-state index in [1.54, 1.807) is 22.5 Å². The summed E-state index contributed by atoms with van der Waals surface area (Å²) in [5, 5.41) is 5.80. The van der Waals surface area contributed by atoms with Crippen LogP contribution in [0.15, 0.2) is 29.2 Å². The van der Waals surface area contributed by atoms with Crippen LogP contribution in [0.3, 0.4) is 0 Å². The van der Waals surface area contributed by atoms with Gasteiger partial charge in [-0.1, -0.05) is 24.6 Å². The smallest absolute Gasteiger partial charge is 0.315 e. The number of benzene rings is 1. The van der Waals surface area contributed by atoms with Crippen LogP contribution in [0.5, 0.6) is 0 Å². The van der Waals surface area contributed by atoms with Gasteiger partial charge in [0.1, 0.15) is 0 Å². The molecular formula is C21H32N4O3S. The number of piperidine rings is 1. The quantitative estimate of drug-likeness (QED) is 0.708. The first-order valence-corrected chi connectivity index (χ1v) is 12.3. The van der Waals surface area contributed by atoms with E-state index in [1.807, 2.05) is 6.07 Å². The Kier molecular flexibility index (Phi) is 6.41. The van der Waals surface area contributed by atoms with Crippen LogP contribution in [-0.4, -0.2) is 62.4 Å². The Balaban J connectivity index is 1.30. The fourth-order valence-electron chi connectivity index (χ4n) is 4.42. The average Bonchev–Trinajstić information content (AvgIpc) is 3.49. The first-order valence-electron chi connectivity index (χ1n) is 10.9. The van der Waals surface area contributed by atoms with Gasteiger partial charge < -0.3 is 15.5 Å². The molecule has 3 fully saturated rings. The molecular weight excluding hydrogens is 388 g/mol. The lowest BCUT2D eigenvalue weighted by molar-refractivity contribution is 0.238. The summed E-state index contributed by atoms with van der Waals surface area (Å²) in [4.78, 5) is 15.1. The molecule has 3 aliphatic rings. The SMILES string of the molecule is O=C(NCc1ccccc1S(=O)(=O)N1CCCCC1)NCC1CCN(C2CC2)C1. The predicted molar refractivity (Wildman–Crippen MR) is 112 cm³/mol. The lowest BCUT2D eigenvalue weighted by Gasteiger charge is -2.26. The van der Waals surface area contributed by atoms with E-state index in [-0.39, 0.29) is 12.6 Å². The maximum Gasteiger partial charge on any atom is 0.315 e. The predicted octanol–water partition coefficient (Wildman–Crippen LogP) is 2.14. The molecule has 0 bridgehead atoms. The van der Waals surface area contributed by atoms with Gasteiger partial charge in [-0.3, -0.25) is 0 Å². The number of hydrogen-bond acceptors (Lipinski definition) is 4. The molecule has 2 amide bonds. The number of sulfonamides is 1. The Hall–Kier alpha value is -1.64. The minimum Gasteiger partial charge on any atom is -0.338 e. The highest BCUT2D eigenvalue weighted by Gasteiger charge is 2.34. The van der Waals surface area contributed by atoms with Crippen molar-refractivity contribution in [2.45, 2.75) is 56.0 Å². The van der Waals surface area contributed by atoms with Crippen LogP contribution in [0.25, 0.3) is 0 Å². The highest BCUT2D eigenvalue weighted by atomic mass is 32.2. The number of likely N-dealkylation sites (tertiary alicyclic amines) is 1. The van der Waals surface area contributed by atoms with Crippen molar-refractivity contribution in [3.05, 3.63) is 29.8 Å². The van der Waals surface area contributed by atoms with Crippen molar-refractivity contribution in [2.75, 3.05) is 32.7 Å². The molecule has 1 aromatic rings. The third-order valence-electron chi connectivity index (χ3n) is 6.28. The van der Waals surface area contributed by atoms with E-state index in [0.29, 0.717) is 36.0 Å². The largest absolute Gasteiger partial charge is 0.338 e. The Morgan fingerprint density at radius 1 is 1.00 bits per heavy atom. The third-order valence-corrected chi connectivity index (χ3v) is 8.28.